The summed E-state index contributed by atoms with van der Waals surface area (Å²) in [5.41, 5.74) is -19.5. The molecule has 0 heterocycles. The molecule has 0 spiro atoms. The lowest BCUT2D eigenvalue weighted by Crippen LogP contribution is -2.77. The van der Waals surface area contributed by atoms with E-state index < -0.39 is 80.0 Å². The fourth-order valence-electron chi connectivity index (χ4n) is 3.67. The van der Waals surface area contributed by atoms with E-state index in [1.54, 1.807) is 0 Å². The van der Waals surface area contributed by atoms with E-state index in [1.165, 1.54) is 0 Å². The smallest absolute Gasteiger partial charge is 0.314 e. The van der Waals surface area contributed by atoms with Crippen LogP contribution >= 0.6 is 0 Å². The van der Waals surface area contributed by atoms with Crippen molar-refractivity contribution in [1.82, 2.24) is 0 Å². The van der Waals surface area contributed by atoms with Gasteiger partial charge in [0.15, 0.2) is 0 Å². The van der Waals surface area contributed by atoms with Crippen molar-refractivity contribution in [2.75, 3.05) is 0 Å². The fraction of sp³-hybridized carbons (Fsp3) is 0.200. The average molecular weight is 559 g/mol. The molecule has 2 aromatic rings. The molecule has 2 rings (SSSR count). The van der Waals surface area contributed by atoms with E-state index in [0.717, 1.165) is 18.2 Å². The zero-order chi connectivity index (χ0) is 30.1. The van der Waals surface area contributed by atoms with Gasteiger partial charge in [0.25, 0.3) is 10.7 Å². The maximum atomic E-state index is 12.2. The summed E-state index contributed by atoms with van der Waals surface area (Å²) in [4.78, 5) is 73.5. The van der Waals surface area contributed by atoms with Gasteiger partial charge in [0, 0.05) is 6.07 Å². The second-order valence-corrected chi connectivity index (χ2v) is 7.04. The molecule has 0 amide bonds. The maximum Gasteiger partial charge on any atom is 0.678 e. The molecule has 2 aromatic carbocycles. The van der Waals surface area contributed by atoms with Crippen LogP contribution in [0.2, 0.25) is 0 Å². The number of rotatable bonds is 12. The monoisotopic (exact) mass is 559 g/mol. The van der Waals surface area contributed by atoms with E-state index in [2.05, 4.69) is 4.84 Å². The van der Waals surface area contributed by atoms with Crippen molar-refractivity contribution in [1.29, 1.82) is 0 Å². The molecule has 0 aromatic heterocycles. The molecule has 0 bridgehead atoms. The van der Waals surface area contributed by atoms with Crippen molar-refractivity contribution in [3.05, 3.63) is 124 Å². The van der Waals surface area contributed by atoms with Crippen molar-refractivity contribution in [3.8, 4) is 0 Å². The number of nitrogens with zero attached hydrogens (tertiary/aromatic N) is 7. The lowest BCUT2D eigenvalue weighted by atomic mass is 9.74. The standard InChI is InChI=1S/C15H9N7O17/c23-14(19(31)32,15(24,20(33)34)21(35)36)13(39-22(37)38,8-4-2-1-3-5-8)9-6-7-10(16(25)26)12(18(29)30)11(9)17(27)28/h1-7,23-24H. The molecule has 0 aliphatic carbocycles. The summed E-state index contributed by atoms with van der Waals surface area (Å²) in [7, 11) is 0. The number of nitro benzene ring substituents is 3. The van der Waals surface area contributed by atoms with E-state index in [0.29, 0.717) is 12.1 Å². The number of nitro groups is 6. The summed E-state index contributed by atoms with van der Waals surface area (Å²) in [6, 6.07) is 3.62. The van der Waals surface area contributed by atoms with Gasteiger partial charge >= 0.3 is 28.6 Å². The van der Waals surface area contributed by atoms with E-state index in [9.17, 15) is 81.0 Å². The largest absolute Gasteiger partial charge is 0.678 e. The van der Waals surface area contributed by atoms with Crippen LogP contribution in [0.25, 0.3) is 0 Å². The highest BCUT2D eigenvalue weighted by atomic mass is 17.0. The van der Waals surface area contributed by atoms with Crippen LogP contribution in [-0.2, 0) is 10.4 Å². The fourth-order valence-corrected chi connectivity index (χ4v) is 3.67. The van der Waals surface area contributed by atoms with Crippen molar-refractivity contribution >= 4 is 17.1 Å². The Kier molecular flexibility index (Phi) is 7.32. The molecule has 24 nitrogen and oxygen atoms in total. The van der Waals surface area contributed by atoms with Crippen LogP contribution in [0.15, 0.2) is 42.5 Å². The van der Waals surface area contributed by atoms with Gasteiger partial charge in [0.1, 0.15) is 9.85 Å². The van der Waals surface area contributed by atoms with Crippen molar-refractivity contribution in [3.63, 3.8) is 0 Å². The van der Waals surface area contributed by atoms with Gasteiger partial charge in [-0.3, -0.25) is 70.6 Å². The van der Waals surface area contributed by atoms with Crippen LogP contribution in [0, 0.1) is 70.8 Å². The van der Waals surface area contributed by atoms with Gasteiger partial charge in [0.05, 0.1) is 25.3 Å². The third-order valence-corrected chi connectivity index (χ3v) is 5.19. The molecular formula is C15H9N7O17. The van der Waals surface area contributed by atoms with E-state index in [-0.39, 0.29) is 12.1 Å². The Morgan fingerprint density at radius 3 is 1.46 bits per heavy atom. The summed E-state index contributed by atoms with van der Waals surface area (Å²) >= 11 is 0. The van der Waals surface area contributed by atoms with Crippen LogP contribution in [0.3, 0.4) is 0 Å². The third-order valence-electron chi connectivity index (χ3n) is 5.19. The molecule has 0 saturated heterocycles. The zero-order valence-electron chi connectivity index (χ0n) is 18.2. The first-order valence-electron chi connectivity index (χ1n) is 9.30. The average Bonchev–Trinajstić information content (AvgIpc) is 2.84. The Labute approximate surface area is 209 Å². The Morgan fingerprint density at radius 1 is 0.615 bits per heavy atom. The molecule has 0 aliphatic heterocycles. The summed E-state index contributed by atoms with van der Waals surface area (Å²) in [6.45, 7) is 0. The molecule has 24 heteroatoms. The molecule has 0 radical (unpaired) electrons. The molecule has 0 saturated carbocycles. The lowest BCUT2D eigenvalue weighted by Gasteiger charge is -2.37. The summed E-state index contributed by atoms with van der Waals surface area (Å²) < 4.78 is 0. The number of hydrogen-bond donors (Lipinski definition) is 2. The summed E-state index contributed by atoms with van der Waals surface area (Å²) in [6.07, 6.45) is 0. The van der Waals surface area contributed by atoms with Crippen LogP contribution in [0.4, 0.5) is 17.1 Å². The van der Waals surface area contributed by atoms with Gasteiger partial charge in [-0.25, -0.2) is 0 Å². The SMILES string of the molecule is O=[N+]([O-])OC(c1ccccc1)(c1ccc([N+](=O)[O-])c([N+](=O)[O-])c1[N+](=O)[O-])C(O)([N+](=O)[O-])C(O)([N+](=O)[O-])[N+](=O)[O-]. The molecule has 2 N–H and O–H groups in total. The number of hydrogen-bond acceptors (Lipinski definition) is 17. The highest BCUT2D eigenvalue weighted by molar-refractivity contribution is 5.71. The van der Waals surface area contributed by atoms with E-state index >= 15 is 0 Å². The minimum absolute atomic E-state index is 0.0131. The van der Waals surface area contributed by atoms with Crippen molar-refractivity contribution < 1.29 is 49.7 Å². The Hall–Kier alpha value is -6.04. The molecule has 2 unspecified atom stereocenters. The molecular weight excluding hydrogens is 550 g/mol. The Balaban J connectivity index is 3.52. The number of aliphatic hydroxyl groups is 2. The molecule has 0 fully saturated rings. The first kappa shape index (κ1) is 29.2. The first-order chi connectivity index (χ1) is 17.9. The van der Waals surface area contributed by atoms with Gasteiger partial charge in [-0.1, -0.05) is 30.3 Å². The number of benzene rings is 2. The highest BCUT2D eigenvalue weighted by Crippen LogP contribution is 2.54. The van der Waals surface area contributed by atoms with Gasteiger partial charge < -0.3 is 5.11 Å². The topological polar surface area (TPSA) is 352 Å². The first-order valence-corrected chi connectivity index (χ1v) is 9.30. The van der Waals surface area contributed by atoms with E-state index in [1.807, 2.05) is 0 Å². The summed E-state index contributed by atoms with van der Waals surface area (Å²) in [5, 5.41) is 101. The van der Waals surface area contributed by atoms with Crippen LogP contribution < -0.4 is 0 Å². The van der Waals surface area contributed by atoms with Gasteiger partial charge in [-0.05, 0) is 11.6 Å². The quantitative estimate of drug-likeness (QED) is 0.196. The predicted octanol–water partition coefficient (Wildman–Crippen LogP) is 0.0279. The maximum absolute atomic E-state index is 12.2. The molecule has 39 heavy (non-hydrogen) atoms. The van der Waals surface area contributed by atoms with Crippen LogP contribution in [-0.4, -0.2) is 56.4 Å². The zero-order valence-corrected chi connectivity index (χ0v) is 18.2. The summed E-state index contributed by atoms with van der Waals surface area (Å²) in [5.74, 6) is -5.55. The van der Waals surface area contributed by atoms with Crippen molar-refractivity contribution in [2.24, 2.45) is 0 Å². The minimum Gasteiger partial charge on any atom is -0.314 e. The lowest BCUT2D eigenvalue weighted by molar-refractivity contribution is -0.933. The minimum atomic E-state index is -5.55. The van der Waals surface area contributed by atoms with Gasteiger partial charge in [-0.15, -0.1) is 10.1 Å². The Bertz CT molecular complexity index is 1420. The van der Waals surface area contributed by atoms with Gasteiger partial charge in [0.2, 0.25) is 0 Å². The highest BCUT2D eigenvalue weighted by Gasteiger charge is 2.93. The van der Waals surface area contributed by atoms with Gasteiger partial charge in [-0.2, -0.15) is 0 Å². The molecule has 0 aliphatic rings. The molecule has 206 valence electrons. The normalized spacial score (nSPS) is 14.2. The second-order valence-electron chi connectivity index (χ2n) is 7.04. The third kappa shape index (κ3) is 4.07. The van der Waals surface area contributed by atoms with E-state index in [4.69, 9.17) is 0 Å². The predicted molar refractivity (Wildman–Crippen MR) is 113 cm³/mol. The van der Waals surface area contributed by atoms with Crippen molar-refractivity contribution in [2.45, 2.75) is 17.2 Å². The van der Waals surface area contributed by atoms with Crippen LogP contribution in [0.5, 0.6) is 0 Å². The Morgan fingerprint density at radius 2 is 1.10 bits per heavy atom. The van der Waals surface area contributed by atoms with Crippen LogP contribution in [0.1, 0.15) is 11.1 Å². The molecule has 2 atom stereocenters. The second kappa shape index (κ2) is 9.78.